The van der Waals surface area contributed by atoms with Crippen molar-refractivity contribution in [3.8, 4) is 6.07 Å². The van der Waals surface area contributed by atoms with Crippen molar-refractivity contribution in [2.75, 3.05) is 6.61 Å². The number of hydrogen-bond donors (Lipinski definition) is 1. The van der Waals surface area contributed by atoms with E-state index in [0.717, 1.165) is 5.56 Å². The summed E-state index contributed by atoms with van der Waals surface area (Å²) in [6.07, 6.45) is 0. The van der Waals surface area contributed by atoms with Gasteiger partial charge in [-0.2, -0.15) is 5.26 Å². The standard InChI is InChI=1S/C16H18N2O3/c1-10(2)12-4-6-13(7-5-12)16(20)21-9-15(19)14(8-17)11(3)18/h4-7,10,14,18H,9H2,1-3H3/t14-/m0/s1. The number of carbonyl (C=O) groups excluding carboxylic acids is 2. The van der Waals surface area contributed by atoms with Crippen LogP contribution in [0, 0.1) is 22.7 Å². The largest absolute Gasteiger partial charge is 0.454 e. The zero-order chi connectivity index (χ0) is 16.0. The number of rotatable bonds is 6. The van der Waals surface area contributed by atoms with Crippen LogP contribution in [-0.2, 0) is 9.53 Å². The Morgan fingerprint density at radius 2 is 1.86 bits per heavy atom. The van der Waals surface area contributed by atoms with Crippen LogP contribution in [0.4, 0.5) is 0 Å². The summed E-state index contributed by atoms with van der Waals surface area (Å²) in [7, 11) is 0. The van der Waals surface area contributed by atoms with E-state index in [-0.39, 0.29) is 5.71 Å². The lowest BCUT2D eigenvalue weighted by atomic mass is 10.0. The predicted octanol–water partition coefficient (Wildman–Crippen LogP) is 2.72. The van der Waals surface area contributed by atoms with Crippen molar-refractivity contribution in [3.63, 3.8) is 0 Å². The van der Waals surface area contributed by atoms with E-state index in [1.807, 2.05) is 26.0 Å². The Kier molecular flexibility index (Phi) is 5.79. The van der Waals surface area contributed by atoms with Gasteiger partial charge in [-0.05, 0) is 30.5 Å². The van der Waals surface area contributed by atoms with Gasteiger partial charge in [0.1, 0.15) is 5.92 Å². The van der Waals surface area contributed by atoms with Gasteiger partial charge in [-0.15, -0.1) is 0 Å². The maximum Gasteiger partial charge on any atom is 0.338 e. The van der Waals surface area contributed by atoms with E-state index in [9.17, 15) is 9.59 Å². The maximum absolute atomic E-state index is 11.8. The fourth-order valence-corrected chi connectivity index (χ4v) is 1.72. The Balaban J connectivity index is 2.64. The van der Waals surface area contributed by atoms with E-state index < -0.39 is 24.3 Å². The summed E-state index contributed by atoms with van der Waals surface area (Å²) in [5.41, 5.74) is 1.40. The van der Waals surface area contributed by atoms with E-state index in [1.54, 1.807) is 18.2 Å². The first-order valence-electron chi connectivity index (χ1n) is 6.61. The summed E-state index contributed by atoms with van der Waals surface area (Å²) in [5.74, 6) is -1.99. The molecule has 0 saturated carbocycles. The smallest absolute Gasteiger partial charge is 0.338 e. The number of nitrogens with zero attached hydrogens (tertiary/aromatic N) is 1. The average Bonchev–Trinajstić information content (AvgIpc) is 2.45. The Morgan fingerprint density at radius 3 is 2.29 bits per heavy atom. The second-order valence-electron chi connectivity index (χ2n) is 5.06. The number of Topliss-reactive ketones (excluding diaryl/α,β-unsaturated/α-hetero) is 1. The summed E-state index contributed by atoms with van der Waals surface area (Å²) in [6, 6.07) is 8.68. The van der Waals surface area contributed by atoms with E-state index >= 15 is 0 Å². The Bertz CT molecular complexity index is 583. The van der Waals surface area contributed by atoms with Crippen molar-refractivity contribution < 1.29 is 14.3 Å². The summed E-state index contributed by atoms with van der Waals surface area (Å²) in [4.78, 5) is 23.5. The maximum atomic E-state index is 11.8. The molecule has 0 fully saturated rings. The lowest BCUT2D eigenvalue weighted by molar-refractivity contribution is -0.122. The number of nitrogens with one attached hydrogen (secondary N) is 1. The highest BCUT2D eigenvalue weighted by Gasteiger charge is 2.21. The predicted molar refractivity (Wildman–Crippen MR) is 78.3 cm³/mol. The molecule has 0 saturated heterocycles. The van der Waals surface area contributed by atoms with E-state index in [2.05, 4.69) is 0 Å². The van der Waals surface area contributed by atoms with Gasteiger partial charge in [0.25, 0.3) is 0 Å². The topological polar surface area (TPSA) is 91.0 Å². The van der Waals surface area contributed by atoms with Gasteiger partial charge in [0.05, 0.1) is 11.6 Å². The van der Waals surface area contributed by atoms with Crippen LogP contribution in [0.2, 0.25) is 0 Å². The first kappa shape index (κ1) is 16.6. The molecule has 21 heavy (non-hydrogen) atoms. The van der Waals surface area contributed by atoms with Crippen LogP contribution in [0.1, 0.15) is 42.6 Å². The zero-order valence-corrected chi connectivity index (χ0v) is 12.3. The molecule has 1 rings (SSSR count). The molecule has 0 aromatic heterocycles. The number of nitriles is 1. The van der Waals surface area contributed by atoms with Crippen LogP contribution >= 0.6 is 0 Å². The molecule has 0 aliphatic carbocycles. The van der Waals surface area contributed by atoms with Crippen LogP contribution in [0.5, 0.6) is 0 Å². The molecule has 1 aromatic rings. The molecule has 0 bridgehead atoms. The van der Waals surface area contributed by atoms with Crippen molar-refractivity contribution in [2.24, 2.45) is 5.92 Å². The molecule has 5 heteroatoms. The molecule has 0 unspecified atom stereocenters. The summed E-state index contributed by atoms with van der Waals surface area (Å²) in [5, 5.41) is 16.1. The molecule has 0 amide bonds. The highest BCUT2D eigenvalue weighted by atomic mass is 16.5. The zero-order valence-electron chi connectivity index (χ0n) is 12.3. The molecule has 0 aliphatic rings. The second-order valence-corrected chi connectivity index (χ2v) is 5.06. The number of benzene rings is 1. The van der Waals surface area contributed by atoms with Gasteiger partial charge in [0.2, 0.25) is 0 Å². The molecule has 110 valence electrons. The van der Waals surface area contributed by atoms with Crippen LogP contribution in [0.25, 0.3) is 0 Å². The van der Waals surface area contributed by atoms with Crippen LogP contribution < -0.4 is 0 Å². The molecular formula is C16H18N2O3. The van der Waals surface area contributed by atoms with E-state index in [1.165, 1.54) is 6.92 Å². The molecule has 1 aromatic carbocycles. The third kappa shape index (κ3) is 4.53. The third-order valence-corrected chi connectivity index (χ3v) is 3.04. The summed E-state index contributed by atoms with van der Waals surface area (Å²) >= 11 is 0. The molecular weight excluding hydrogens is 268 g/mol. The Labute approximate surface area is 124 Å². The lowest BCUT2D eigenvalue weighted by Crippen LogP contribution is -2.25. The van der Waals surface area contributed by atoms with E-state index in [4.69, 9.17) is 15.4 Å². The summed E-state index contributed by atoms with van der Waals surface area (Å²) in [6.45, 7) is 4.97. The lowest BCUT2D eigenvalue weighted by Gasteiger charge is -2.09. The van der Waals surface area contributed by atoms with Gasteiger partial charge in [0.15, 0.2) is 12.4 Å². The highest BCUT2D eigenvalue weighted by Crippen LogP contribution is 2.15. The number of ketones is 1. The minimum Gasteiger partial charge on any atom is -0.454 e. The van der Waals surface area contributed by atoms with Gasteiger partial charge >= 0.3 is 5.97 Å². The second kappa shape index (κ2) is 7.34. The molecule has 0 heterocycles. The molecule has 5 nitrogen and oxygen atoms in total. The fraction of sp³-hybridized carbons (Fsp3) is 0.375. The molecule has 1 atom stereocenters. The summed E-state index contributed by atoms with van der Waals surface area (Å²) < 4.78 is 4.89. The minimum absolute atomic E-state index is 0.0557. The number of carbonyl (C=O) groups is 2. The highest BCUT2D eigenvalue weighted by molar-refractivity contribution is 6.06. The van der Waals surface area contributed by atoms with Crippen molar-refractivity contribution in [3.05, 3.63) is 35.4 Å². The average molecular weight is 286 g/mol. The van der Waals surface area contributed by atoms with E-state index in [0.29, 0.717) is 11.5 Å². The third-order valence-electron chi connectivity index (χ3n) is 3.04. The normalized spacial score (nSPS) is 11.6. The monoisotopic (exact) mass is 286 g/mol. The van der Waals surface area contributed by atoms with Crippen LogP contribution in [-0.4, -0.2) is 24.1 Å². The van der Waals surface area contributed by atoms with Gasteiger partial charge in [0, 0.05) is 5.71 Å². The van der Waals surface area contributed by atoms with Gasteiger partial charge in [-0.3, -0.25) is 4.79 Å². The molecule has 0 radical (unpaired) electrons. The first-order valence-corrected chi connectivity index (χ1v) is 6.61. The number of hydrogen-bond acceptors (Lipinski definition) is 5. The Morgan fingerprint density at radius 1 is 1.29 bits per heavy atom. The molecule has 1 N–H and O–H groups in total. The van der Waals surface area contributed by atoms with Crippen molar-refractivity contribution in [2.45, 2.75) is 26.7 Å². The van der Waals surface area contributed by atoms with Crippen LogP contribution in [0.3, 0.4) is 0 Å². The quantitative estimate of drug-likeness (QED) is 0.643. The van der Waals surface area contributed by atoms with Gasteiger partial charge in [-0.1, -0.05) is 26.0 Å². The first-order chi connectivity index (χ1) is 9.86. The van der Waals surface area contributed by atoms with Crippen molar-refractivity contribution >= 4 is 17.5 Å². The molecule has 0 spiro atoms. The number of esters is 1. The SMILES string of the molecule is CC(=N)[C@H](C#N)C(=O)COC(=O)c1ccc(C(C)C)cc1. The van der Waals surface area contributed by atoms with Crippen molar-refractivity contribution in [1.82, 2.24) is 0 Å². The number of ether oxygens (including phenoxy) is 1. The van der Waals surface area contributed by atoms with Crippen LogP contribution in [0.15, 0.2) is 24.3 Å². The Hall–Kier alpha value is -2.48. The fourth-order valence-electron chi connectivity index (χ4n) is 1.72. The van der Waals surface area contributed by atoms with Gasteiger partial charge in [-0.25, -0.2) is 4.79 Å². The molecule has 0 aliphatic heterocycles. The van der Waals surface area contributed by atoms with Crippen molar-refractivity contribution in [1.29, 1.82) is 10.7 Å². The minimum atomic E-state index is -1.15. The van der Waals surface area contributed by atoms with Gasteiger partial charge < -0.3 is 10.1 Å².